The van der Waals surface area contributed by atoms with Gasteiger partial charge in [-0.2, -0.15) is 0 Å². The third kappa shape index (κ3) is 4.03. The lowest BCUT2D eigenvalue weighted by atomic mass is 9.99. The highest BCUT2D eigenvalue weighted by Crippen LogP contribution is 2.28. The van der Waals surface area contributed by atoms with E-state index in [4.69, 9.17) is 0 Å². The Morgan fingerprint density at radius 3 is 2.79 bits per heavy atom. The predicted octanol–water partition coefficient (Wildman–Crippen LogP) is 3.20. The number of halogens is 2. The van der Waals surface area contributed by atoms with Crippen LogP contribution in [0.4, 0.5) is 15.8 Å². The van der Waals surface area contributed by atoms with Gasteiger partial charge in [0, 0.05) is 31.6 Å². The van der Waals surface area contributed by atoms with Gasteiger partial charge in [0.05, 0.1) is 5.69 Å². The van der Waals surface area contributed by atoms with Gasteiger partial charge in [0.1, 0.15) is 5.82 Å². The van der Waals surface area contributed by atoms with Crippen molar-refractivity contribution in [1.82, 2.24) is 5.32 Å². The zero-order valence-electron chi connectivity index (χ0n) is 15.5. The molecule has 0 atom stereocenters. The van der Waals surface area contributed by atoms with E-state index < -0.39 is 0 Å². The van der Waals surface area contributed by atoms with Gasteiger partial charge in [0.15, 0.2) is 0 Å². The number of para-hydroxylation sites is 1. The molecule has 2 aliphatic heterocycles. The molecule has 2 aliphatic rings. The van der Waals surface area contributed by atoms with Crippen molar-refractivity contribution in [3.05, 3.63) is 58.9 Å². The molecular formula is C21H23ClFN3O2. The standard InChI is InChI=1S/C21H22FN3O2.ClH/c22-21-16-9-11-23-13-15(16)5-7-17(21)24-19(26)10-12-25-18-4-2-1-3-14(18)6-8-20(25)27;/h1-5,7,23H,6,8-13H2,(H,24,26);1H. The number of hydrogen-bond acceptors (Lipinski definition) is 3. The molecule has 2 heterocycles. The topological polar surface area (TPSA) is 61.4 Å². The molecule has 2 aromatic carbocycles. The Hall–Kier alpha value is -2.44. The molecule has 0 spiro atoms. The molecule has 28 heavy (non-hydrogen) atoms. The zero-order chi connectivity index (χ0) is 18.8. The molecule has 148 valence electrons. The van der Waals surface area contributed by atoms with Crippen LogP contribution in [0.2, 0.25) is 0 Å². The Bertz CT molecular complexity index is 903. The minimum atomic E-state index is -0.346. The van der Waals surface area contributed by atoms with Gasteiger partial charge in [-0.25, -0.2) is 4.39 Å². The van der Waals surface area contributed by atoms with Crippen LogP contribution in [-0.2, 0) is 29.0 Å². The fourth-order valence-electron chi connectivity index (χ4n) is 3.80. The fraction of sp³-hybridized carbons (Fsp3) is 0.333. The Labute approximate surface area is 169 Å². The van der Waals surface area contributed by atoms with Gasteiger partial charge < -0.3 is 15.5 Å². The number of fused-ring (bicyclic) bond motifs is 2. The molecule has 0 radical (unpaired) electrons. The summed E-state index contributed by atoms with van der Waals surface area (Å²) in [6, 6.07) is 11.2. The fourth-order valence-corrected chi connectivity index (χ4v) is 3.80. The Morgan fingerprint density at radius 1 is 1.11 bits per heavy atom. The summed E-state index contributed by atoms with van der Waals surface area (Å²) in [7, 11) is 0. The third-order valence-electron chi connectivity index (χ3n) is 5.24. The molecule has 0 bridgehead atoms. The minimum Gasteiger partial charge on any atom is -0.324 e. The first-order valence-corrected chi connectivity index (χ1v) is 9.32. The molecular weight excluding hydrogens is 381 g/mol. The summed E-state index contributed by atoms with van der Waals surface area (Å²) in [5.41, 5.74) is 3.81. The molecule has 2 aromatic rings. The number of aryl methyl sites for hydroxylation is 1. The zero-order valence-corrected chi connectivity index (χ0v) is 16.3. The number of nitrogens with zero attached hydrogens (tertiary/aromatic N) is 1. The van der Waals surface area contributed by atoms with Crippen molar-refractivity contribution < 1.29 is 14.0 Å². The number of benzene rings is 2. The van der Waals surface area contributed by atoms with Gasteiger partial charge in [-0.1, -0.05) is 24.3 Å². The number of amides is 2. The van der Waals surface area contributed by atoms with E-state index in [0.717, 1.165) is 29.8 Å². The number of hydrogen-bond donors (Lipinski definition) is 2. The van der Waals surface area contributed by atoms with E-state index >= 15 is 0 Å². The van der Waals surface area contributed by atoms with E-state index in [9.17, 15) is 14.0 Å². The summed E-state index contributed by atoms with van der Waals surface area (Å²) < 4.78 is 14.7. The maximum absolute atomic E-state index is 14.7. The number of carbonyl (C=O) groups excluding carboxylic acids is 2. The summed E-state index contributed by atoms with van der Waals surface area (Å²) >= 11 is 0. The lowest BCUT2D eigenvalue weighted by Gasteiger charge is -2.29. The van der Waals surface area contributed by atoms with E-state index in [1.54, 1.807) is 11.0 Å². The van der Waals surface area contributed by atoms with Crippen LogP contribution in [0.3, 0.4) is 0 Å². The van der Waals surface area contributed by atoms with Gasteiger partial charge in [0.25, 0.3) is 0 Å². The largest absolute Gasteiger partial charge is 0.324 e. The van der Waals surface area contributed by atoms with Crippen molar-refractivity contribution in [3.63, 3.8) is 0 Å². The molecule has 0 unspecified atom stereocenters. The van der Waals surface area contributed by atoms with Crippen molar-refractivity contribution in [2.45, 2.75) is 32.2 Å². The predicted molar refractivity (Wildman–Crippen MR) is 109 cm³/mol. The van der Waals surface area contributed by atoms with E-state index in [1.807, 2.05) is 30.3 Å². The second-order valence-electron chi connectivity index (χ2n) is 6.96. The summed E-state index contributed by atoms with van der Waals surface area (Å²) in [4.78, 5) is 26.3. The number of rotatable bonds is 4. The van der Waals surface area contributed by atoms with Crippen LogP contribution in [0.15, 0.2) is 36.4 Å². The quantitative estimate of drug-likeness (QED) is 0.824. The summed E-state index contributed by atoms with van der Waals surface area (Å²) in [5, 5.41) is 5.87. The molecule has 2 N–H and O–H groups in total. The molecule has 0 saturated carbocycles. The van der Waals surface area contributed by atoms with Crippen LogP contribution < -0.4 is 15.5 Å². The van der Waals surface area contributed by atoms with Gasteiger partial charge in [-0.3, -0.25) is 9.59 Å². The highest BCUT2D eigenvalue weighted by molar-refractivity contribution is 5.98. The molecule has 4 rings (SSSR count). The molecule has 0 fully saturated rings. The number of carbonyl (C=O) groups is 2. The molecule has 5 nitrogen and oxygen atoms in total. The maximum atomic E-state index is 14.7. The van der Waals surface area contributed by atoms with Crippen LogP contribution in [0.25, 0.3) is 0 Å². The van der Waals surface area contributed by atoms with Crippen molar-refractivity contribution >= 4 is 35.6 Å². The summed E-state index contributed by atoms with van der Waals surface area (Å²) in [5.74, 6) is -0.616. The number of anilines is 2. The molecule has 0 saturated heterocycles. The molecule has 0 aromatic heterocycles. The second kappa shape index (κ2) is 8.71. The van der Waals surface area contributed by atoms with Crippen molar-refractivity contribution in [2.24, 2.45) is 0 Å². The van der Waals surface area contributed by atoms with Crippen LogP contribution in [-0.4, -0.2) is 24.9 Å². The average Bonchev–Trinajstić information content (AvgIpc) is 2.69. The SMILES string of the molecule is Cl.O=C(CCN1C(=O)CCc2ccccc21)Nc1ccc2c(c1F)CCNC2. The lowest BCUT2D eigenvalue weighted by Crippen LogP contribution is -2.37. The number of nitrogens with one attached hydrogen (secondary N) is 2. The van der Waals surface area contributed by atoms with Crippen LogP contribution in [0.1, 0.15) is 29.5 Å². The van der Waals surface area contributed by atoms with Crippen LogP contribution >= 0.6 is 12.4 Å². The minimum absolute atomic E-state index is 0. The molecule has 7 heteroatoms. The van der Waals surface area contributed by atoms with Gasteiger partial charge in [-0.05, 0) is 48.2 Å². The second-order valence-corrected chi connectivity index (χ2v) is 6.96. The Morgan fingerprint density at radius 2 is 1.93 bits per heavy atom. The van der Waals surface area contributed by atoms with E-state index in [-0.39, 0.29) is 48.7 Å². The monoisotopic (exact) mass is 403 g/mol. The average molecular weight is 404 g/mol. The van der Waals surface area contributed by atoms with Crippen LogP contribution in [0, 0.1) is 5.82 Å². The highest BCUT2D eigenvalue weighted by Gasteiger charge is 2.24. The van der Waals surface area contributed by atoms with Crippen molar-refractivity contribution in [3.8, 4) is 0 Å². The first-order valence-electron chi connectivity index (χ1n) is 9.32. The smallest absolute Gasteiger partial charge is 0.227 e. The Kier molecular flexibility index (Phi) is 6.31. The van der Waals surface area contributed by atoms with Crippen molar-refractivity contribution in [1.29, 1.82) is 0 Å². The van der Waals surface area contributed by atoms with Gasteiger partial charge >= 0.3 is 0 Å². The maximum Gasteiger partial charge on any atom is 0.227 e. The van der Waals surface area contributed by atoms with E-state index in [0.29, 0.717) is 24.9 Å². The van der Waals surface area contributed by atoms with Crippen molar-refractivity contribution in [2.75, 3.05) is 23.3 Å². The Balaban J connectivity index is 0.00000225. The molecule has 0 aliphatic carbocycles. The van der Waals surface area contributed by atoms with E-state index in [1.165, 1.54) is 0 Å². The highest BCUT2D eigenvalue weighted by atomic mass is 35.5. The first-order chi connectivity index (χ1) is 13.1. The van der Waals surface area contributed by atoms with Gasteiger partial charge in [-0.15, -0.1) is 12.4 Å². The molecule has 2 amide bonds. The normalized spacial score (nSPS) is 15.3. The summed E-state index contributed by atoms with van der Waals surface area (Å²) in [6.07, 6.45) is 1.92. The van der Waals surface area contributed by atoms with Gasteiger partial charge in [0.2, 0.25) is 11.8 Å². The first kappa shape index (κ1) is 20.3. The lowest BCUT2D eigenvalue weighted by molar-refractivity contribution is -0.119. The van der Waals surface area contributed by atoms with E-state index in [2.05, 4.69) is 10.6 Å². The van der Waals surface area contributed by atoms with Crippen LogP contribution in [0.5, 0.6) is 0 Å². The third-order valence-corrected chi connectivity index (χ3v) is 5.24. The summed E-state index contributed by atoms with van der Waals surface area (Å²) in [6.45, 7) is 1.67.